The number of urea groups is 1. The van der Waals surface area contributed by atoms with Crippen LogP contribution in [0.1, 0.15) is 48.5 Å². The quantitative estimate of drug-likeness (QED) is 0.736. The van der Waals surface area contributed by atoms with Crippen LogP contribution in [0.2, 0.25) is 0 Å². The summed E-state index contributed by atoms with van der Waals surface area (Å²) in [5.41, 5.74) is 3.17. The van der Waals surface area contributed by atoms with Gasteiger partial charge in [0.2, 0.25) is 0 Å². The van der Waals surface area contributed by atoms with Crippen LogP contribution in [0.5, 0.6) is 0 Å². The van der Waals surface area contributed by atoms with Gasteiger partial charge in [0.05, 0.1) is 17.2 Å². The lowest BCUT2D eigenvalue weighted by Crippen LogP contribution is -2.35. The number of piperidine rings is 1. The fourth-order valence-corrected chi connectivity index (χ4v) is 4.36. The lowest BCUT2D eigenvalue weighted by Gasteiger charge is -2.34. The maximum absolute atomic E-state index is 13.3. The second-order valence-electron chi connectivity index (χ2n) is 8.67. The van der Waals surface area contributed by atoms with Crippen molar-refractivity contribution in [1.29, 1.82) is 5.26 Å². The van der Waals surface area contributed by atoms with E-state index in [2.05, 4.69) is 28.5 Å². The highest BCUT2D eigenvalue weighted by molar-refractivity contribution is 6.04. The zero-order chi connectivity index (χ0) is 22.5. The number of rotatable bonds is 4. The van der Waals surface area contributed by atoms with Crippen LogP contribution in [0, 0.1) is 17.2 Å². The first-order valence-electron chi connectivity index (χ1n) is 11.3. The Morgan fingerprint density at radius 3 is 2.34 bits per heavy atom. The Hall–Kier alpha value is -3.53. The average Bonchev–Trinajstić information content (AvgIpc) is 3.34. The minimum Gasteiger partial charge on any atom is -0.371 e. The first-order chi connectivity index (χ1) is 15.5. The molecule has 2 heterocycles. The second-order valence-corrected chi connectivity index (χ2v) is 8.67. The zero-order valence-electron chi connectivity index (χ0n) is 18.4. The molecule has 7 nitrogen and oxygen atoms in total. The number of benzene rings is 2. The van der Waals surface area contributed by atoms with Gasteiger partial charge < -0.3 is 20.4 Å². The molecule has 0 atom stereocenters. The molecule has 2 aliphatic rings. The van der Waals surface area contributed by atoms with Crippen LogP contribution in [0.3, 0.4) is 0 Å². The summed E-state index contributed by atoms with van der Waals surface area (Å²) in [7, 11) is 0. The Morgan fingerprint density at radius 2 is 1.66 bits per heavy atom. The molecule has 4 rings (SSSR count). The van der Waals surface area contributed by atoms with Crippen molar-refractivity contribution in [3.05, 3.63) is 53.6 Å². The van der Waals surface area contributed by atoms with Gasteiger partial charge >= 0.3 is 6.03 Å². The van der Waals surface area contributed by atoms with Gasteiger partial charge in [-0.1, -0.05) is 13.0 Å². The normalized spacial score (nSPS) is 16.5. The van der Waals surface area contributed by atoms with E-state index >= 15 is 0 Å². The SMILES string of the molecule is CC1CCN(c2ccc(NC(=O)Nc3cccc(C#N)c3)cc2C(=O)N2CCCC2)CC1. The standard InChI is InChI=1S/C25H29N5O2/c1-18-9-13-29(14-10-18)23-8-7-21(16-22(23)24(31)30-11-2-3-12-30)28-25(32)27-20-6-4-5-19(15-20)17-26/h4-8,15-16,18H,2-3,9-14H2,1H3,(H2,27,28,32). The Bertz CT molecular complexity index is 1030. The zero-order valence-corrected chi connectivity index (χ0v) is 18.4. The number of likely N-dealkylation sites (tertiary alicyclic amines) is 1. The van der Waals surface area contributed by atoms with E-state index in [0.717, 1.165) is 57.5 Å². The van der Waals surface area contributed by atoms with Crippen LogP contribution in [0.25, 0.3) is 0 Å². The van der Waals surface area contributed by atoms with Crippen LogP contribution in [0.4, 0.5) is 21.9 Å². The molecule has 2 saturated heterocycles. The van der Waals surface area contributed by atoms with Crippen LogP contribution in [-0.2, 0) is 0 Å². The highest BCUT2D eigenvalue weighted by atomic mass is 16.2. The van der Waals surface area contributed by atoms with Crippen molar-refractivity contribution in [3.63, 3.8) is 0 Å². The molecule has 0 saturated carbocycles. The molecule has 0 radical (unpaired) electrons. The molecule has 0 unspecified atom stereocenters. The summed E-state index contributed by atoms with van der Waals surface area (Å²) in [4.78, 5) is 30.0. The van der Waals surface area contributed by atoms with Crippen LogP contribution < -0.4 is 15.5 Å². The third kappa shape index (κ3) is 5.02. The molecule has 2 aromatic rings. The van der Waals surface area contributed by atoms with Crippen molar-refractivity contribution in [3.8, 4) is 6.07 Å². The van der Waals surface area contributed by atoms with Gasteiger partial charge in [-0.3, -0.25) is 4.79 Å². The van der Waals surface area contributed by atoms with Crippen molar-refractivity contribution < 1.29 is 9.59 Å². The first kappa shape index (κ1) is 21.7. The van der Waals surface area contributed by atoms with Gasteiger partial charge in [0.1, 0.15) is 0 Å². The van der Waals surface area contributed by atoms with E-state index in [4.69, 9.17) is 5.26 Å². The van der Waals surface area contributed by atoms with Crippen molar-refractivity contribution in [2.75, 3.05) is 41.7 Å². The second kappa shape index (κ2) is 9.73. The van der Waals surface area contributed by atoms with Crippen molar-refractivity contribution in [2.24, 2.45) is 5.92 Å². The van der Waals surface area contributed by atoms with Crippen molar-refractivity contribution in [2.45, 2.75) is 32.6 Å². The predicted octanol–water partition coefficient (Wildman–Crippen LogP) is 4.67. The molecular weight excluding hydrogens is 402 g/mol. The molecule has 0 bridgehead atoms. The van der Waals surface area contributed by atoms with Gasteiger partial charge in [0.25, 0.3) is 5.91 Å². The van der Waals surface area contributed by atoms with Crippen LogP contribution in [-0.4, -0.2) is 43.0 Å². The minimum absolute atomic E-state index is 0.0295. The molecule has 0 spiro atoms. The van der Waals surface area contributed by atoms with Crippen LogP contribution in [0.15, 0.2) is 42.5 Å². The molecular formula is C25H29N5O2. The number of hydrogen-bond donors (Lipinski definition) is 2. The number of amides is 3. The average molecular weight is 432 g/mol. The van der Waals surface area contributed by atoms with Gasteiger partial charge in [-0.05, 0) is 68.0 Å². The third-order valence-electron chi connectivity index (χ3n) is 6.25. The summed E-state index contributed by atoms with van der Waals surface area (Å²) in [6.45, 7) is 5.70. The van der Waals surface area contributed by atoms with E-state index in [9.17, 15) is 9.59 Å². The Kier molecular flexibility index (Phi) is 6.60. The number of carbonyl (C=O) groups excluding carboxylic acids is 2. The van der Waals surface area contributed by atoms with Gasteiger partial charge in [-0.15, -0.1) is 0 Å². The van der Waals surface area contributed by atoms with E-state index in [1.54, 1.807) is 30.3 Å². The summed E-state index contributed by atoms with van der Waals surface area (Å²) in [5, 5.41) is 14.6. The summed E-state index contributed by atoms with van der Waals surface area (Å²) >= 11 is 0. The topological polar surface area (TPSA) is 88.5 Å². The monoisotopic (exact) mass is 431 g/mol. The third-order valence-corrected chi connectivity index (χ3v) is 6.25. The van der Waals surface area contributed by atoms with Gasteiger partial charge in [-0.25, -0.2) is 4.79 Å². The molecule has 0 aromatic heterocycles. The Labute approximate surface area is 189 Å². The summed E-state index contributed by atoms with van der Waals surface area (Å²) in [5.74, 6) is 0.732. The molecule has 3 amide bonds. The summed E-state index contributed by atoms with van der Waals surface area (Å²) in [6, 6.07) is 14.0. The van der Waals surface area contributed by atoms with Crippen molar-refractivity contribution in [1.82, 2.24) is 4.90 Å². The van der Waals surface area contributed by atoms with E-state index in [1.807, 2.05) is 17.0 Å². The fraction of sp³-hybridized carbons (Fsp3) is 0.400. The van der Waals surface area contributed by atoms with E-state index in [-0.39, 0.29) is 5.91 Å². The minimum atomic E-state index is -0.417. The molecule has 2 aromatic carbocycles. The summed E-state index contributed by atoms with van der Waals surface area (Å²) < 4.78 is 0. The van der Waals surface area contributed by atoms with Gasteiger partial charge in [0.15, 0.2) is 0 Å². The largest absolute Gasteiger partial charge is 0.371 e. The van der Waals surface area contributed by atoms with Gasteiger partial charge in [0, 0.05) is 43.2 Å². The first-order valence-corrected chi connectivity index (χ1v) is 11.3. The lowest BCUT2D eigenvalue weighted by molar-refractivity contribution is 0.0793. The Morgan fingerprint density at radius 1 is 0.969 bits per heavy atom. The number of nitriles is 1. The number of nitrogens with zero attached hydrogens (tertiary/aromatic N) is 3. The van der Waals surface area contributed by atoms with E-state index in [0.29, 0.717) is 28.4 Å². The number of anilines is 3. The lowest BCUT2D eigenvalue weighted by atomic mass is 9.97. The molecule has 7 heteroatoms. The Balaban J connectivity index is 1.54. The predicted molar refractivity (Wildman–Crippen MR) is 126 cm³/mol. The molecule has 2 aliphatic heterocycles. The van der Waals surface area contributed by atoms with E-state index < -0.39 is 6.03 Å². The molecule has 32 heavy (non-hydrogen) atoms. The number of carbonyl (C=O) groups is 2. The molecule has 0 aliphatic carbocycles. The molecule has 2 N–H and O–H groups in total. The maximum Gasteiger partial charge on any atom is 0.323 e. The number of nitrogens with one attached hydrogen (secondary N) is 2. The van der Waals surface area contributed by atoms with Crippen molar-refractivity contribution >= 4 is 29.0 Å². The van der Waals surface area contributed by atoms with Gasteiger partial charge in [-0.2, -0.15) is 5.26 Å². The van der Waals surface area contributed by atoms with E-state index in [1.165, 1.54) is 0 Å². The summed E-state index contributed by atoms with van der Waals surface area (Å²) in [6.07, 6.45) is 4.29. The highest BCUT2D eigenvalue weighted by Gasteiger charge is 2.26. The number of hydrogen-bond acceptors (Lipinski definition) is 4. The molecule has 2 fully saturated rings. The maximum atomic E-state index is 13.3. The fourth-order valence-electron chi connectivity index (χ4n) is 4.36. The van der Waals surface area contributed by atoms with Crippen LogP contribution >= 0.6 is 0 Å². The molecule has 166 valence electrons. The smallest absolute Gasteiger partial charge is 0.323 e. The highest BCUT2D eigenvalue weighted by Crippen LogP contribution is 2.30.